The van der Waals surface area contributed by atoms with Crippen molar-refractivity contribution in [2.24, 2.45) is 5.92 Å². The quantitative estimate of drug-likeness (QED) is 0.443. The molecule has 2 aromatic heterocycles. The van der Waals surface area contributed by atoms with Gasteiger partial charge in [-0.1, -0.05) is 24.3 Å². The van der Waals surface area contributed by atoms with Crippen molar-refractivity contribution in [1.82, 2.24) is 25.1 Å². The minimum atomic E-state index is -4.41. The zero-order valence-corrected chi connectivity index (χ0v) is 17.2. The summed E-state index contributed by atoms with van der Waals surface area (Å²) in [5.74, 6) is 0.679. The summed E-state index contributed by atoms with van der Waals surface area (Å²) in [5.41, 5.74) is 2.19. The first-order chi connectivity index (χ1) is 15.4. The topological polar surface area (TPSA) is 78.5 Å². The predicted molar refractivity (Wildman–Crippen MR) is 116 cm³/mol. The Labute approximate surface area is 181 Å². The summed E-state index contributed by atoms with van der Waals surface area (Å²) in [5, 5.41) is 6.42. The lowest BCUT2D eigenvalue weighted by Crippen LogP contribution is -2.30. The minimum Gasteiger partial charge on any atom is -0.322 e. The average Bonchev–Trinajstić information content (AvgIpc) is 3.35. The summed E-state index contributed by atoms with van der Waals surface area (Å²) in [6.45, 7) is 1.78. The van der Waals surface area contributed by atoms with E-state index >= 15 is 0 Å². The molecular weight excluding hydrogens is 419 g/mol. The summed E-state index contributed by atoms with van der Waals surface area (Å²) in [7, 11) is 0. The van der Waals surface area contributed by atoms with Crippen LogP contribution in [-0.4, -0.2) is 32.8 Å². The predicted octanol–water partition coefficient (Wildman–Crippen LogP) is 4.27. The molecule has 5 rings (SSSR count). The van der Waals surface area contributed by atoms with Gasteiger partial charge >= 0.3 is 6.18 Å². The molecule has 0 amide bonds. The van der Waals surface area contributed by atoms with E-state index in [1.807, 2.05) is 24.3 Å². The Morgan fingerprint density at radius 3 is 2.44 bits per heavy atom. The second kappa shape index (κ2) is 7.98. The van der Waals surface area contributed by atoms with Gasteiger partial charge in [-0.2, -0.15) is 17.9 Å². The normalized spacial score (nSPS) is 15.5. The monoisotopic (exact) mass is 441 g/mol. The molecule has 32 heavy (non-hydrogen) atoms. The minimum absolute atomic E-state index is 0.238. The van der Waals surface area contributed by atoms with Gasteiger partial charge in [-0.05, 0) is 68.1 Å². The molecule has 1 aliphatic rings. The third kappa shape index (κ3) is 3.84. The summed E-state index contributed by atoms with van der Waals surface area (Å²) < 4.78 is 40.4. The van der Waals surface area contributed by atoms with Crippen LogP contribution in [-0.2, 0) is 12.6 Å². The number of alkyl halides is 3. The summed E-state index contributed by atoms with van der Waals surface area (Å²) >= 11 is 0. The van der Waals surface area contributed by atoms with Crippen molar-refractivity contribution in [2.45, 2.75) is 25.4 Å². The molecule has 2 aromatic carbocycles. The van der Waals surface area contributed by atoms with Crippen molar-refractivity contribution < 1.29 is 13.2 Å². The third-order valence-corrected chi connectivity index (χ3v) is 6.03. The molecule has 3 N–H and O–H groups in total. The Morgan fingerprint density at radius 1 is 1.03 bits per heavy atom. The number of benzene rings is 2. The molecule has 1 fully saturated rings. The smallest absolute Gasteiger partial charge is 0.322 e. The van der Waals surface area contributed by atoms with Crippen LogP contribution >= 0.6 is 0 Å². The Kier molecular flexibility index (Phi) is 5.13. The van der Waals surface area contributed by atoms with Crippen LogP contribution in [0.25, 0.3) is 28.2 Å². The number of aromatic nitrogens is 4. The van der Waals surface area contributed by atoms with E-state index in [-0.39, 0.29) is 5.56 Å². The number of hydrogen-bond donors (Lipinski definition) is 3. The Morgan fingerprint density at radius 2 is 1.75 bits per heavy atom. The molecule has 0 unspecified atom stereocenters. The first kappa shape index (κ1) is 20.6. The number of fused-ring (bicyclic) bond motifs is 1. The highest BCUT2D eigenvalue weighted by Crippen LogP contribution is 2.32. The van der Waals surface area contributed by atoms with Crippen molar-refractivity contribution in [3.8, 4) is 17.2 Å². The Bertz CT molecular complexity index is 1260. The van der Waals surface area contributed by atoms with Gasteiger partial charge in [0.1, 0.15) is 0 Å². The van der Waals surface area contributed by atoms with Crippen molar-refractivity contribution >= 4 is 11.0 Å². The van der Waals surface area contributed by atoms with Gasteiger partial charge in [0.2, 0.25) is 5.95 Å². The lowest BCUT2D eigenvalue weighted by atomic mass is 9.90. The number of rotatable bonds is 4. The van der Waals surface area contributed by atoms with E-state index in [1.165, 1.54) is 16.8 Å². The largest absolute Gasteiger partial charge is 0.416 e. The maximum atomic E-state index is 13.4. The molecule has 0 bridgehead atoms. The fourth-order valence-corrected chi connectivity index (χ4v) is 4.29. The van der Waals surface area contributed by atoms with Gasteiger partial charge in [-0.15, -0.1) is 0 Å². The number of H-pyrrole nitrogens is 2. The zero-order valence-electron chi connectivity index (χ0n) is 17.2. The first-order valence-corrected chi connectivity index (χ1v) is 10.6. The summed E-state index contributed by atoms with van der Waals surface area (Å²) in [4.78, 5) is 21.1. The second-order valence-corrected chi connectivity index (χ2v) is 8.16. The van der Waals surface area contributed by atoms with Gasteiger partial charge in [0.25, 0.3) is 5.56 Å². The van der Waals surface area contributed by atoms with Gasteiger partial charge in [-0.3, -0.25) is 9.89 Å². The Balaban J connectivity index is 1.60. The molecule has 0 saturated carbocycles. The van der Waals surface area contributed by atoms with E-state index in [9.17, 15) is 18.0 Å². The van der Waals surface area contributed by atoms with Crippen LogP contribution in [0.5, 0.6) is 0 Å². The lowest BCUT2D eigenvalue weighted by Gasteiger charge is -2.22. The lowest BCUT2D eigenvalue weighted by molar-refractivity contribution is -0.137. The van der Waals surface area contributed by atoms with E-state index in [4.69, 9.17) is 0 Å². The second-order valence-electron chi connectivity index (χ2n) is 8.16. The zero-order chi connectivity index (χ0) is 22.3. The molecule has 1 saturated heterocycles. The van der Waals surface area contributed by atoms with Gasteiger partial charge in [0, 0.05) is 5.56 Å². The van der Waals surface area contributed by atoms with E-state index in [1.54, 1.807) is 0 Å². The summed E-state index contributed by atoms with van der Waals surface area (Å²) in [6.07, 6.45) is -1.96. The number of piperidine rings is 1. The molecular formula is C23H22F3N5O. The van der Waals surface area contributed by atoms with Crippen LogP contribution in [0.4, 0.5) is 13.2 Å². The highest BCUT2D eigenvalue weighted by molar-refractivity contribution is 5.76. The number of nitrogens with one attached hydrogen (secondary N) is 3. The fraction of sp³-hybridized carbons (Fsp3) is 0.304. The van der Waals surface area contributed by atoms with Crippen LogP contribution in [0, 0.1) is 5.92 Å². The molecule has 4 aromatic rings. The van der Waals surface area contributed by atoms with Crippen LogP contribution in [0.1, 0.15) is 24.0 Å². The number of hydrogen-bond acceptors (Lipinski definition) is 3. The molecule has 3 heterocycles. The molecule has 9 heteroatoms. The molecule has 0 aliphatic carbocycles. The van der Waals surface area contributed by atoms with Crippen molar-refractivity contribution in [1.29, 1.82) is 0 Å². The van der Waals surface area contributed by atoms with E-state index in [0.717, 1.165) is 49.1 Å². The van der Waals surface area contributed by atoms with E-state index in [2.05, 4.69) is 20.4 Å². The van der Waals surface area contributed by atoms with E-state index in [0.29, 0.717) is 35.1 Å². The molecule has 6 nitrogen and oxygen atoms in total. The van der Waals surface area contributed by atoms with Crippen LogP contribution < -0.4 is 10.9 Å². The molecule has 0 atom stereocenters. The van der Waals surface area contributed by atoms with Crippen LogP contribution in [0.3, 0.4) is 0 Å². The van der Waals surface area contributed by atoms with Gasteiger partial charge < -0.3 is 10.3 Å². The number of imidazole rings is 1. The highest BCUT2D eigenvalue weighted by Gasteiger charge is 2.30. The maximum absolute atomic E-state index is 13.4. The van der Waals surface area contributed by atoms with Crippen molar-refractivity contribution in [2.75, 3.05) is 13.1 Å². The summed E-state index contributed by atoms with van der Waals surface area (Å²) in [6, 6.07) is 12.3. The number of para-hydroxylation sites is 2. The number of aromatic amines is 2. The van der Waals surface area contributed by atoms with Gasteiger partial charge in [-0.25, -0.2) is 4.98 Å². The van der Waals surface area contributed by atoms with Crippen LogP contribution in [0.2, 0.25) is 0 Å². The van der Waals surface area contributed by atoms with Crippen molar-refractivity contribution in [3.63, 3.8) is 0 Å². The molecule has 0 radical (unpaired) electrons. The molecule has 166 valence electrons. The SMILES string of the molecule is O=c1c(CC2CCNCC2)c(-c2ccc(C(F)(F)F)cc2)[nH]n1-c1nc2ccccc2[nH]1. The maximum Gasteiger partial charge on any atom is 0.416 e. The number of nitrogens with zero attached hydrogens (tertiary/aromatic N) is 2. The Hall–Kier alpha value is -3.33. The first-order valence-electron chi connectivity index (χ1n) is 10.6. The highest BCUT2D eigenvalue weighted by atomic mass is 19.4. The van der Waals surface area contributed by atoms with Gasteiger partial charge in [0.15, 0.2) is 0 Å². The average molecular weight is 441 g/mol. The van der Waals surface area contributed by atoms with E-state index < -0.39 is 11.7 Å². The van der Waals surface area contributed by atoms with Crippen molar-refractivity contribution in [3.05, 3.63) is 70.0 Å². The fourth-order valence-electron chi connectivity index (χ4n) is 4.29. The number of halogens is 3. The third-order valence-electron chi connectivity index (χ3n) is 6.03. The van der Waals surface area contributed by atoms with Crippen LogP contribution in [0.15, 0.2) is 53.3 Å². The molecule has 1 aliphatic heterocycles. The van der Waals surface area contributed by atoms with Gasteiger partial charge in [0.05, 0.1) is 22.3 Å². The molecule has 0 spiro atoms. The standard InChI is InChI=1S/C23H22F3N5O/c24-23(25,26)16-7-5-15(6-8-16)20-17(13-14-9-11-27-12-10-14)21(32)31(30-20)22-28-18-3-1-2-4-19(18)29-22/h1-8,14,27,30H,9-13H2,(H,28,29).